The van der Waals surface area contributed by atoms with E-state index in [1.54, 1.807) is 0 Å². The first kappa shape index (κ1) is 15.6. The standard InChI is InChI=1S/C21H30O2/c1-12-9-14-10-15(22)7-8-20(14,3)19-13(2)11-21(4)16(18(12)19)5-6-17(21)23/h10,12,16-19,23H,2,5-9,11H2,1,3-4H3/t12?,16?,17-,18?,19?,20-,21-/m0/s1. The van der Waals surface area contributed by atoms with Crippen LogP contribution in [0.3, 0.4) is 0 Å². The molecule has 0 aromatic rings. The van der Waals surface area contributed by atoms with E-state index >= 15 is 0 Å². The largest absolute Gasteiger partial charge is 0.393 e. The highest BCUT2D eigenvalue weighted by Crippen LogP contribution is 2.67. The molecule has 4 unspecified atom stereocenters. The molecule has 0 heterocycles. The minimum atomic E-state index is -0.171. The van der Waals surface area contributed by atoms with Crippen LogP contribution < -0.4 is 0 Å². The molecule has 23 heavy (non-hydrogen) atoms. The first-order chi connectivity index (χ1) is 10.8. The summed E-state index contributed by atoms with van der Waals surface area (Å²) in [4.78, 5) is 12.0. The molecule has 4 aliphatic carbocycles. The Morgan fingerprint density at radius 2 is 2.04 bits per heavy atom. The van der Waals surface area contributed by atoms with Crippen LogP contribution in [0.4, 0.5) is 0 Å². The average Bonchev–Trinajstić information content (AvgIpc) is 2.76. The summed E-state index contributed by atoms with van der Waals surface area (Å²) in [5.74, 6) is 2.62. The normalized spacial score (nSPS) is 52.5. The van der Waals surface area contributed by atoms with Crippen molar-refractivity contribution in [3.8, 4) is 0 Å². The lowest BCUT2D eigenvalue weighted by molar-refractivity contribution is -0.117. The van der Waals surface area contributed by atoms with Gasteiger partial charge >= 0.3 is 0 Å². The molecule has 0 aromatic carbocycles. The topological polar surface area (TPSA) is 37.3 Å². The molecule has 3 fully saturated rings. The molecular weight excluding hydrogens is 284 g/mol. The fourth-order valence-electron chi connectivity index (χ4n) is 6.93. The zero-order valence-electron chi connectivity index (χ0n) is 14.8. The quantitative estimate of drug-likeness (QED) is 0.677. The first-order valence-electron chi connectivity index (χ1n) is 9.37. The number of aliphatic hydroxyl groups excluding tert-OH is 1. The molecular formula is C21H30O2. The van der Waals surface area contributed by atoms with Gasteiger partial charge in [0.1, 0.15) is 0 Å². The predicted octanol–water partition coefficient (Wildman–Crippen LogP) is 4.29. The Kier molecular flexibility index (Phi) is 3.27. The molecule has 4 aliphatic rings. The molecule has 7 atom stereocenters. The Hall–Kier alpha value is -0.890. The maximum Gasteiger partial charge on any atom is 0.155 e. The van der Waals surface area contributed by atoms with Crippen molar-refractivity contribution in [1.82, 2.24) is 0 Å². The van der Waals surface area contributed by atoms with Crippen LogP contribution in [0, 0.1) is 34.5 Å². The summed E-state index contributed by atoms with van der Waals surface area (Å²) in [7, 11) is 0. The minimum Gasteiger partial charge on any atom is -0.393 e. The predicted molar refractivity (Wildman–Crippen MR) is 91.8 cm³/mol. The maximum absolute atomic E-state index is 12.0. The van der Waals surface area contributed by atoms with E-state index in [1.165, 1.54) is 11.1 Å². The number of aliphatic hydroxyl groups is 1. The Balaban J connectivity index is 1.80. The second-order valence-electron chi connectivity index (χ2n) is 9.33. The van der Waals surface area contributed by atoms with E-state index in [0.717, 1.165) is 32.1 Å². The number of rotatable bonds is 0. The zero-order valence-corrected chi connectivity index (χ0v) is 14.8. The van der Waals surface area contributed by atoms with E-state index in [0.29, 0.717) is 35.9 Å². The highest BCUT2D eigenvalue weighted by Gasteiger charge is 2.61. The number of carbonyl (C=O) groups is 1. The lowest BCUT2D eigenvalue weighted by Gasteiger charge is -2.60. The third kappa shape index (κ3) is 1.94. The summed E-state index contributed by atoms with van der Waals surface area (Å²) in [6.45, 7) is 11.5. The van der Waals surface area contributed by atoms with E-state index in [2.05, 4.69) is 27.4 Å². The van der Waals surface area contributed by atoms with Gasteiger partial charge < -0.3 is 5.11 Å². The molecule has 0 radical (unpaired) electrons. The lowest BCUT2D eigenvalue weighted by atomic mass is 9.44. The lowest BCUT2D eigenvalue weighted by Crippen LogP contribution is -2.54. The second kappa shape index (κ2) is 4.81. The van der Waals surface area contributed by atoms with Crippen LogP contribution in [0.2, 0.25) is 0 Å². The van der Waals surface area contributed by atoms with Gasteiger partial charge in [-0.3, -0.25) is 4.79 Å². The molecule has 2 nitrogen and oxygen atoms in total. The Labute approximate surface area is 140 Å². The summed E-state index contributed by atoms with van der Waals surface area (Å²) in [5, 5.41) is 10.6. The van der Waals surface area contributed by atoms with Gasteiger partial charge in [0.25, 0.3) is 0 Å². The monoisotopic (exact) mass is 314 g/mol. The first-order valence-corrected chi connectivity index (χ1v) is 9.37. The number of ketones is 1. The summed E-state index contributed by atoms with van der Waals surface area (Å²) in [6, 6.07) is 0. The zero-order chi connectivity index (χ0) is 16.6. The number of hydrogen-bond donors (Lipinski definition) is 1. The fourth-order valence-corrected chi connectivity index (χ4v) is 6.93. The van der Waals surface area contributed by atoms with Gasteiger partial charge in [0.15, 0.2) is 5.78 Å². The van der Waals surface area contributed by atoms with Gasteiger partial charge in [-0.1, -0.05) is 38.5 Å². The summed E-state index contributed by atoms with van der Waals surface area (Å²) in [5.41, 5.74) is 2.86. The molecule has 0 amide bonds. The minimum absolute atomic E-state index is 0.0224. The number of hydrogen-bond acceptors (Lipinski definition) is 2. The summed E-state index contributed by atoms with van der Waals surface area (Å²) in [6.07, 6.45) is 7.58. The molecule has 0 aromatic heterocycles. The van der Waals surface area contributed by atoms with Gasteiger partial charge in [0.2, 0.25) is 0 Å². The van der Waals surface area contributed by atoms with Crippen LogP contribution in [0.5, 0.6) is 0 Å². The average molecular weight is 314 g/mol. The number of carbonyl (C=O) groups excluding carboxylic acids is 1. The second-order valence-corrected chi connectivity index (χ2v) is 9.33. The summed E-state index contributed by atoms with van der Waals surface area (Å²) < 4.78 is 0. The van der Waals surface area contributed by atoms with Gasteiger partial charge in [0.05, 0.1) is 6.10 Å². The van der Waals surface area contributed by atoms with Crippen LogP contribution in [-0.4, -0.2) is 17.0 Å². The van der Waals surface area contributed by atoms with Crippen LogP contribution >= 0.6 is 0 Å². The van der Waals surface area contributed by atoms with Gasteiger partial charge in [-0.05, 0) is 67.3 Å². The van der Waals surface area contributed by atoms with E-state index in [9.17, 15) is 9.90 Å². The van der Waals surface area contributed by atoms with E-state index < -0.39 is 0 Å². The number of allylic oxidation sites excluding steroid dienone is 2. The molecule has 126 valence electrons. The van der Waals surface area contributed by atoms with E-state index in [4.69, 9.17) is 0 Å². The van der Waals surface area contributed by atoms with Crippen molar-refractivity contribution in [3.05, 3.63) is 23.8 Å². The third-order valence-corrected chi connectivity index (χ3v) is 8.10. The van der Waals surface area contributed by atoms with Crippen molar-refractivity contribution in [3.63, 3.8) is 0 Å². The number of fused-ring (bicyclic) bond motifs is 5. The highest BCUT2D eigenvalue weighted by molar-refractivity contribution is 5.91. The SMILES string of the molecule is C=C1C[C@@]2(C)C(CC[C@@H]2O)C2C(C)CC3=CC(=O)CC[C@]3(C)C12. The van der Waals surface area contributed by atoms with E-state index in [1.807, 2.05) is 6.08 Å². The fraction of sp³-hybridized carbons (Fsp3) is 0.762. The van der Waals surface area contributed by atoms with Gasteiger partial charge in [-0.25, -0.2) is 0 Å². The van der Waals surface area contributed by atoms with Gasteiger partial charge in [-0.2, -0.15) is 0 Å². The van der Waals surface area contributed by atoms with Crippen LogP contribution in [0.1, 0.15) is 59.3 Å². The Morgan fingerprint density at radius 3 is 2.78 bits per heavy atom. The molecule has 0 bridgehead atoms. The van der Waals surface area contributed by atoms with Gasteiger partial charge in [-0.15, -0.1) is 0 Å². The van der Waals surface area contributed by atoms with Crippen molar-refractivity contribution in [1.29, 1.82) is 0 Å². The third-order valence-electron chi connectivity index (χ3n) is 8.10. The van der Waals surface area contributed by atoms with Crippen molar-refractivity contribution in [2.45, 2.75) is 65.4 Å². The van der Waals surface area contributed by atoms with Crippen molar-refractivity contribution in [2.24, 2.45) is 34.5 Å². The van der Waals surface area contributed by atoms with Crippen molar-refractivity contribution < 1.29 is 9.90 Å². The molecule has 3 saturated carbocycles. The molecule has 0 aliphatic heterocycles. The van der Waals surface area contributed by atoms with E-state index in [-0.39, 0.29) is 16.9 Å². The van der Waals surface area contributed by atoms with Crippen molar-refractivity contribution in [2.75, 3.05) is 0 Å². The Morgan fingerprint density at radius 1 is 1.30 bits per heavy atom. The smallest absolute Gasteiger partial charge is 0.155 e. The molecule has 0 spiro atoms. The molecule has 4 rings (SSSR count). The Bertz CT molecular complexity index is 603. The highest BCUT2D eigenvalue weighted by atomic mass is 16.3. The summed E-state index contributed by atoms with van der Waals surface area (Å²) >= 11 is 0. The molecule has 1 N–H and O–H groups in total. The van der Waals surface area contributed by atoms with Crippen molar-refractivity contribution >= 4 is 5.78 Å². The van der Waals surface area contributed by atoms with Crippen LogP contribution in [0.15, 0.2) is 23.8 Å². The van der Waals surface area contributed by atoms with Crippen LogP contribution in [0.25, 0.3) is 0 Å². The van der Waals surface area contributed by atoms with Crippen LogP contribution in [-0.2, 0) is 4.79 Å². The molecule has 0 saturated heterocycles. The van der Waals surface area contributed by atoms with Gasteiger partial charge in [0, 0.05) is 11.8 Å². The molecule has 2 heteroatoms. The maximum atomic E-state index is 12.0.